The zero-order valence-corrected chi connectivity index (χ0v) is 13.8. The minimum atomic E-state index is -0.448. The number of ether oxygens (including phenoxy) is 1. The Kier molecular flexibility index (Phi) is 4.62. The second kappa shape index (κ2) is 6.84. The van der Waals surface area contributed by atoms with Gasteiger partial charge < -0.3 is 4.74 Å². The lowest BCUT2D eigenvalue weighted by molar-refractivity contribution is 0.0522. The van der Waals surface area contributed by atoms with Crippen LogP contribution in [0.2, 0.25) is 0 Å². The number of rotatable bonds is 4. The summed E-state index contributed by atoms with van der Waals surface area (Å²) in [5.41, 5.74) is 1.18. The smallest absolute Gasteiger partial charge is 0.339 e. The Labute approximate surface area is 143 Å². The number of carbonyl (C=O) groups excluding carboxylic acids is 3. The van der Waals surface area contributed by atoms with Gasteiger partial charge in [-0.15, -0.1) is 0 Å². The molecule has 0 spiro atoms. The highest BCUT2D eigenvalue weighted by Crippen LogP contribution is 2.35. The Morgan fingerprint density at radius 3 is 2.42 bits per heavy atom. The van der Waals surface area contributed by atoms with E-state index < -0.39 is 5.97 Å². The molecule has 0 bridgehead atoms. The molecule has 1 aliphatic carbocycles. The molecule has 0 saturated heterocycles. The summed E-state index contributed by atoms with van der Waals surface area (Å²) in [6.07, 6.45) is 1.33. The fourth-order valence-electron chi connectivity index (χ4n) is 2.42. The molecular weight excluding hydrogens is 324 g/mol. The molecule has 0 heterocycles. The number of fused-ring (bicyclic) bond motifs is 1. The van der Waals surface area contributed by atoms with Crippen LogP contribution in [-0.4, -0.2) is 24.1 Å². The van der Waals surface area contributed by atoms with E-state index in [1.54, 1.807) is 55.5 Å². The Bertz CT molecular complexity index is 867. The van der Waals surface area contributed by atoms with E-state index in [-0.39, 0.29) is 18.2 Å². The highest BCUT2D eigenvalue weighted by molar-refractivity contribution is 8.04. The molecule has 0 N–H and O–H groups in total. The molecule has 0 saturated carbocycles. The van der Waals surface area contributed by atoms with E-state index in [1.807, 2.05) is 0 Å². The second-order valence-electron chi connectivity index (χ2n) is 5.07. The number of hydrogen-bond donors (Lipinski definition) is 0. The summed E-state index contributed by atoms with van der Waals surface area (Å²) < 4.78 is 5.04. The van der Waals surface area contributed by atoms with E-state index >= 15 is 0 Å². The Morgan fingerprint density at radius 2 is 1.67 bits per heavy atom. The van der Waals surface area contributed by atoms with Crippen molar-refractivity contribution in [3.63, 3.8) is 0 Å². The maximum absolute atomic E-state index is 12.6. The second-order valence-corrected chi connectivity index (χ2v) is 6.15. The summed E-state index contributed by atoms with van der Waals surface area (Å²) in [6.45, 7) is 2.00. The summed E-state index contributed by atoms with van der Waals surface area (Å²) in [7, 11) is 0. The summed E-state index contributed by atoms with van der Waals surface area (Å²) in [6, 6.07) is 13.6. The van der Waals surface area contributed by atoms with Crippen LogP contribution in [0.15, 0.2) is 64.4 Å². The number of carbonyl (C=O) groups is 3. The van der Waals surface area contributed by atoms with Gasteiger partial charge in [-0.3, -0.25) is 9.59 Å². The molecule has 0 aromatic heterocycles. The van der Waals surface area contributed by atoms with Crippen molar-refractivity contribution in [2.45, 2.75) is 11.8 Å². The van der Waals surface area contributed by atoms with Crippen LogP contribution in [0.4, 0.5) is 0 Å². The van der Waals surface area contributed by atoms with E-state index in [0.29, 0.717) is 26.5 Å². The van der Waals surface area contributed by atoms with Crippen LogP contribution in [0.5, 0.6) is 0 Å². The van der Waals surface area contributed by atoms with Gasteiger partial charge in [0, 0.05) is 22.1 Å². The van der Waals surface area contributed by atoms with Gasteiger partial charge in [-0.25, -0.2) is 4.79 Å². The van der Waals surface area contributed by atoms with Gasteiger partial charge in [0.25, 0.3) is 0 Å². The third-order valence-corrected chi connectivity index (χ3v) is 4.62. The first kappa shape index (κ1) is 16.2. The van der Waals surface area contributed by atoms with Crippen LogP contribution in [0, 0.1) is 0 Å². The predicted molar refractivity (Wildman–Crippen MR) is 91.4 cm³/mol. The van der Waals surface area contributed by atoms with Crippen LogP contribution in [-0.2, 0) is 4.74 Å². The minimum absolute atomic E-state index is 0.207. The van der Waals surface area contributed by atoms with Crippen molar-refractivity contribution < 1.29 is 19.1 Å². The molecule has 0 unspecified atom stereocenters. The summed E-state index contributed by atoms with van der Waals surface area (Å²) in [5, 5.41) is 0. The van der Waals surface area contributed by atoms with Gasteiger partial charge in [-0.05, 0) is 19.1 Å². The first-order valence-corrected chi connectivity index (χ1v) is 8.27. The molecule has 1 aliphatic rings. The van der Waals surface area contributed by atoms with Crippen molar-refractivity contribution in [1.29, 1.82) is 0 Å². The Balaban J connectivity index is 1.95. The standard InChI is InChI=1S/C19H14O4S/c1-2-23-19(22)14-9-5-6-10-16(14)24-17-11-15(20)12-7-3-4-8-13(12)18(17)21/h3-11H,2H2,1H3. The third-order valence-electron chi connectivity index (χ3n) is 3.53. The van der Waals surface area contributed by atoms with Gasteiger partial charge in [0.05, 0.1) is 17.1 Å². The van der Waals surface area contributed by atoms with Gasteiger partial charge >= 0.3 is 5.97 Å². The molecule has 2 aromatic rings. The lowest BCUT2D eigenvalue weighted by atomic mass is 9.95. The predicted octanol–water partition coefficient (Wildman–Crippen LogP) is 3.92. The van der Waals surface area contributed by atoms with E-state index in [9.17, 15) is 14.4 Å². The fraction of sp³-hybridized carbons (Fsp3) is 0.105. The molecule has 24 heavy (non-hydrogen) atoms. The summed E-state index contributed by atoms with van der Waals surface area (Å²) in [4.78, 5) is 37.8. The zero-order chi connectivity index (χ0) is 17.1. The van der Waals surface area contributed by atoms with E-state index in [2.05, 4.69) is 0 Å². The normalized spacial score (nSPS) is 13.3. The number of ketones is 2. The lowest BCUT2D eigenvalue weighted by Crippen LogP contribution is -2.15. The number of thioether (sulfide) groups is 1. The molecule has 0 atom stereocenters. The quantitative estimate of drug-likeness (QED) is 0.791. The SMILES string of the molecule is CCOC(=O)c1ccccc1SC1=CC(=O)c2ccccc2C1=O. The van der Waals surface area contributed by atoms with Crippen molar-refractivity contribution in [3.8, 4) is 0 Å². The number of hydrogen-bond acceptors (Lipinski definition) is 5. The first-order chi connectivity index (χ1) is 11.6. The number of Topliss-reactive ketones (excluding diaryl/α,β-unsaturated/α-hetero) is 1. The third kappa shape index (κ3) is 3.03. The molecular formula is C19H14O4S. The highest BCUT2D eigenvalue weighted by Gasteiger charge is 2.26. The zero-order valence-electron chi connectivity index (χ0n) is 12.9. The largest absolute Gasteiger partial charge is 0.462 e. The Hall–Kier alpha value is -2.66. The minimum Gasteiger partial charge on any atom is -0.462 e. The van der Waals surface area contributed by atoms with E-state index in [0.717, 1.165) is 11.8 Å². The molecule has 120 valence electrons. The highest BCUT2D eigenvalue weighted by atomic mass is 32.2. The molecule has 2 aromatic carbocycles. The molecule has 0 amide bonds. The fourth-order valence-corrected chi connectivity index (χ4v) is 3.43. The average molecular weight is 338 g/mol. The molecule has 0 radical (unpaired) electrons. The molecule has 4 nitrogen and oxygen atoms in total. The van der Waals surface area contributed by atoms with Gasteiger partial charge in [-0.2, -0.15) is 0 Å². The Morgan fingerprint density at radius 1 is 1.00 bits per heavy atom. The number of esters is 1. The van der Waals surface area contributed by atoms with Crippen molar-refractivity contribution in [2.75, 3.05) is 6.61 Å². The van der Waals surface area contributed by atoms with Gasteiger partial charge in [0.1, 0.15) is 0 Å². The summed E-state index contributed by atoms with van der Waals surface area (Å²) in [5.74, 6) is -0.869. The van der Waals surface area contributed by atoms with Gasteiger partial charge in [0.2, 0.25) is 5.78 Å². The van der Waals surface area contributed by atoms with Crippen molar-refractivity contribution >= 4 is 29.3 Å². The van der Waals surface area contributed by atoms with E-state index in [4.69, 9.17) is 4.74 Å². The first-order valence-electron chi connectivity index (χ1n) is 7.45. The number of benzene rings is 2. The topological polar surface area (TPSA) is 60.4 Å². The van der Waals surface area contributed by atoms with Gasteiger partial charge in [-0.1, -0.05) is 48.2 Å². The van der Waals surface area contributed by atoms with Crippen LogP contribution in [0.3, 0.4) is 0 Å². The van der Waals surface area contributed by atoms with Crippen LogP contribution < -0.4 is 0 Å². The molecule has 0 fully saturated rings. The van der Waals surface area contributed by atoms with Crippen molar-refractivity contribution in [3.05, 3.63) is 76.2 Å². The maximum Gasteiger partial charge on any atom is 0.339 e. The average Bonchev–Trinajstić information content (AvgIpc) is 2.60. The molecule has 5 heteroatoms. The van der Waals surface area contributed by atoms with Crippen LogP contribution >= 0.6 is 11.8 Å². The lowest BCUT2D eigenvalue weighted by Gasteiger charge is -2.15. The maximum atomic E-state index is 12.6. The van der Waals surface area contributed by atoms with Gasteiger partial charge in [0.15, 0.2) is 5.78 Å². The summed E-state index contributed by atoms with van der Waals surface area (Å²) >= 11 is 1.11. The van der Waals surface area contributed by atoms with Crippen molar-refractivity contribution in [2.24, 2.45) is 0 Å². The van der Waals surface area contributed by atoms with E-state index in [1.165, 1.54) is 6.08 Å². The number of allylic oxidation sites excluding steroid dienone is 2. The molecule has 0 aliphatic heterocycles. The van der Waals surface area contributed by atoms with Crippen LogP contribution in [0.25, 0.3) is 0 Å². The monoisotopic (exact) mass is 338 g/mol. The molecule has 3 rings (SSSR count). The van der Waals surface area contributed by atoms with Crippen LogP contribution in [0.1, 0.15) is 38.0 Å². The van der Waals surface area contributed by atoms with Crippen molar-refractivity contribution in [1.82, 2.24) is 0 Å².